The van der Waals surface area contributed by atoms with Gasteiger partial charge in [-0.05, 0) is 48.9 Å². The molecule has 0 aliphatic heterocycles. The lowest BCUT2D eigenvalue weighted by molar-refractivity contribution is -0.267. The molecule has 2 atom stereocenters. The molecule has 1 saturated carbocycles. The summed E-state index contributed by atoms with van der Waals surface area (Å²) in [5, 5.41) is 27.2. The van der Waals surface area contributed by atoms with Gasteiger partial charge in [-0.15, -0.1) is 0 Å². The van der Waals surface area contributed by atoms with Crippen LogP contribution in [0.2, 0.25) is 0 Å². The van der Waals surface area contributed by atoms with Crippen LogP contribution in [0.15, 0.2) is 41.3 Å². The summed E-state index contributed by atoms with van der Waals surface area (Å²) in [6.07, 6.45) is -1.58. The predicted octanol–water partition coefficient (Wildman–Crippen LogP) is 4.49. The Bertz CT molecular complexity index is 1220. The van der Waals surface area contributed by atoms with Gasteiger partial charge in [0.05, 0.1) is 24.0 Å². The van der Waals surface area contributed by atoms with Crippen LogP contribution >= 0.6 is 0 Å². The van der Waals surface area contributed by atoms with Crippen LogP contribution in [0.4, 0.5) is 24.7 Å². The van der Waals surface area contributed by atoms with Crippen LogP contribution in [0.25, 0.3) is 10.9 Å². The second kappa shape index (κ2) is 7.98. The van der Waals surface area contributed by atoms with E-state index >= 15 is 0 Å². The van der Waals surface area contributed by atoms with Crippen molar-refractivity contribution in [3.05, 3.63) is 52.4 Å². The van der Waals surface area contributed by atoms with Crippen molar-refractivity contribution in [2.75, 3.05) is 5.32 Å². The molecule has 2 unspecified atom stereocenters. The standard InChI is InChI=1S/C22H22F3N5O2/c1-2-21(32,22(23,24)25)14-5-7-15(8-6-14)28-19-18-17(10-12-27-20(18)31)30(29-19)16(9-11-26)13-3-4-13/h5-8,10,12-13,16,32H,2-4,9H2,1H3,(H,27,31)(H,28,29). The molecule has 0 saturated heterocycles. The number of nitrogens with one attached hydrogen (secondary N) is 2. The molecule has 0 bridgehead atoms. The molecular formula is C22H22F3N5O2. The summed E-state index contributed by atoms with van der Waals surface area (Å²) in [5.41, 5.74) is -2.58. The molecular weight excluding hydrogens is 423 g/mol. The topological polar surface area (TPSA) is 107 Å². The Hall–Kier alpha value is -3.32. The number of nitrogens with zero attached hydrogens (tertiary/aromatic N) is 3. The molecule has 168 valence electrons. The highest BCUT2D eigenvalue weighted by Gasteiger charge is 2.53. The minimum atomic E-state index is -4.81. The first-order chi connectivity index (χ1) is 15.2. The van der Waals surface area contributed by atoms with Gasteiger partial charge in [-0.3, -0.25) is 9.48 Å². The molecule has 3 aromatic rings. The van der Waals surface area contributed by atoms with Crippen molar-refractivity contribution in [3.63, 3.8) is 0 Å². The minimum absolute atomic E-state index is 0.159. The average molecular weight is 445 g/mol. The molecule has 2 aromatic heterocycles. The number of fused-ring (bicyclic) bond motifs is 1. The van der Waals surface area contributed by atoms with Gasteiger partial charge < -0.3 is 15.4 Å². The lowest BCUT2D eigenvalue weighted by atomic mass is 9.90. The number of hydrogen-bond acceptors (Lipinski definition) is 5. The zero-order chi connectivity index (χ0) is 23.1. The van der Waals surface area contributed by atoms with Gasteiger partial charge in [-0.25, -0.2) is 0 Å². The van der Waals surface area contributed by atoms with E-state index < -0.39 is 18.2 Å². The largest absolute Gasteiger partial charge is 0.421 e. The number of H-pyrrole nitrogens is 1. The fourth-order valence-electron chi connectivity index (χ4n) is 4.00. The van der Waals surface area contributed by atoms with Crippen LogP contribution in [0.3, 0.4) is 0 Å². The average Bonchev–Trinajstić information content (AvgIpc) is 3.53. The van der Waals surface area contributed by atoms with Crippen molar-refractivity contribution >= 4 is 22.4 Å². The number of anilines is 2. The first-order valence-corrected chi connectivity index (χ1v) is 10.3. The first-order valence-electron chi connectivity index (χ1n) is 10.3. The van der Waals surface area contributed by atoms with Gasteiger partial charge in [0.15, 0.2) is 11.4 Å². The Morgan fingerprint density at radius 1 is 1.31 bits per heavy atom. The van der Waals surface area contributed by atoms with Crippen LogP contribution in [-0.2, 0) is 5.60 Å². The number of aromatic nitrogens is 3. The molecule has 4 rings (SSSR count). The fraction of sp³-hybridized carbons (Fsp3) is 0.409. The van der Waals surface area contributed by atoms with Gasteiger partial charge in [0.2, 0.25) is 0 Å². The van der Waals surface area contributed by atoms with Gasteiger partial charge in [0.25, 0.3) is 5.56 Å². The molecule has 2 heterocycles. The molecule has 0 radical (unpaired) electrons. The Kier molecular flexibility index (Phi) is 5.46. The summed E-state index contributed by atoms with van der Waals surface area (Å²) in [7, 11) is 0. The zero-order valence-electron chi connectivity index (χ0n) is 17.3. The van der Waals surface area contributed by atoms with Gasteiger partial charge in [0.1, 0.15) is 5.39 Å². The maximum absolute atomic E-state index is 13.3. The van der Waals surface area contributed by atoms with Gasteiger partial charge in [-0.1, -0.05) is 19.1 Å². The summed E-state index contributed by atoms with van der Waals surface area (Å²) < 4.78 is 41.7. The lowest BCUT2D eigenvalue weighted by Gasteiger charge is -2.29. The zero-order valence-corrected chi connectivity index (χ0v) is 17.3. The van der Waals surface area contributed by atoms with Crippen LogP contribution in [-0.4, -0.2) is 26.0 Å². The van der Waals surface area contributed by atoms with Crippen LogP contribution in [0, 0.1) is 17.2 Å². The predicted molar refractivity (Wildman–Crippen MR) is 112 cm³/mol. The summed E-state index contributed by atoms with van der Waals surface area (Å²) in [6, 6.07) is 8.94. The number of pyridine rings is 1. The molecule has 1 fully saturated rings. The van der Waals surface area contributed by atoms with Crippen molar-refractivity contribution in [1.29, 1.82) is 5.26 Å². The lowest BCUT2D eigenvalue weighted by Crippen LogP contribution is -2.41. The summed E-state index contributed by atoms with van der Waals surface area (Å²) in [5.74, 6) is 0.568. The Morgan fingerprint density at radius 2 is 2.00 bits per heavy atom. The van der Waals surface area contributed by atoms with Crippen LogP contribution < -0.4 is 10.9 Å². The number of aromatic amines is 1. The number of halogens is 3. The third-order valence-electron chi connectivity index (χ3n) is 6.02. The molecule has 0 amide bonds. The van der Waals surface area contributed by atoms with Crippen molar-refractivity contribution in [1.82, 2.24) is 14.8 Å². The molecule has 0 spiro atoms. The number of nitriles is 1. The normalized spacial score (nSPS) is 17.0. The van der Waals surface area contributed by atoms with Crippen LogP contribution in [0.5, 0.6) is 0 Å². The molecule has 10 heteroatoms. The van der Waals surface area contributed by atoms with E-state index in [1.807, 2.05) is 0 Å². The summed E-state index contributed by atoms with van der Waals surface area (Å²) >= 11 is 0. The second-order valence-electron chi connectivity index (χ2n) is 8.04. The summed E-state index contributed by atoms with van der Waals surface area (Å²) in [4.78, 5) is 15.1. The van der Waals surface area contributed by atoms with E-state index in [1.54, 1.807) is 10.7 Å². The second-order valence-corrected chi connectivity index (χ2v) is 8.04. The quantitative estimate of drug-likeness (QED) is 0.497. The van der Waals surface area contributed by atoms with E-state index in [0.29, 0.717) is 22.5 Å². The minimum Gasteiger partial charge on any atom is -0.376 e. The SMILES string of the molecule is CCC(O)(c1ccc(Nc2nn(C(CC#N)C3CC3)c3cc[nH]c(=O)c23)cc1)C(F)(F)F. The molecule has 7 nitrogen and oxygen atoms in total. The van der Waals surface area contributed by atoms with E-state index in [9.17, 15) is 28.3 Å². The maximum atomic E-state index is 13.3. The van der Waals surface area contributed by atoms with Crippen molar-refractivity contribution in [2.24, 2.45) is 5.92 Å². The smallest absolute Gasteiger partial charge is 0.376 e. The molecule has 1 aliphatic carbocycles. The monoisotopic (exact) mass is 445 g/mol. The van der Waals surface area contributed by atoms with Crippen molar-refractivity contribution < 1.29 is 18.3 Å². The fourth-order valence-corrected chi connectivity index (χ4v) is 4.00. The number of rotatable bonds is 7. The van der Waals surface area contributed by atoms with Crippen molar-refractivity contribution in [3.8, 4) is 6.07 Å². The van der Waals surface area contributed by atoms with Crippen LogP contribution in [0.1, 0.15) is 44.2 Å². The highest BCUT2D eigenvalue weighted by atomic mass is 19.4. The molecule has 3 N–H and O–H groups in total. The Morgan fingerprint density at radius 3 is 2.56 bits per heavy atom. The highest BCUT2D eigenvalue weighted by molar-refractivity contribution is 5.91. The van der Waals surface area contributed by atoms with E-state index in [2.05, 4.69) is 21.5 Å². The third-order valence-corrected chi connectivity index (χ3v) is 6.02. The Labute approximate surface area is 181 Å². The third kappa shape index (κ3) is 3.73. The highest BCUT2D eigenvalue weighted by Crippen LogP contribution is 2.43. The summed E-state index contributed by atoms with van der Waals surface area (Å²) in [6.45, 7) is 1.27. The number of hydrogen-bond donors (Lipinski definition) is 3. The molecule has 1 aliphatic rings. The molecule has 32 heavy (non-hydrogen) atoms. The van der Waals surface area contributed by atoms with E-state index in [1.165, 1.54) is 37.4 Å². The van der Waals surface area contributed by atoms with Gasteiger partial charge in [0, 0.05) is 11.9 Å². The van der Waals surface area contributed by atoms with Crippen molar-refractivity contribution in [2.45, 2.75) is 50.4 Å². The van der Waals surface area contributed by atoms with E-state index in [0.717, 1.165) is 12.8 Å². The number of alkyl halides is 3. The first kappa shape index (κ1) is 21.9. The number of aliphatic hydroxyl groups is 1. The Balaban J connectivity index is 1.71. The van der Waals surface area contributed by atoms with Gasteiger partial charge >= 0.3 is 6.18 Å². The van der Waals surface area contributed by atoms with Gasteiger partial charge in [-0.2, -0.15) is 23.5 Å². The molecule has 1 aromatic carbocycles. The van der Waals surface area contributed by atoms with E-state index in [4.69, 9.17) is 0 Å². The maximum Gasteiger partial charge on any atom is 0.421 e. The van der Waals surface area contributed by atoms with E-state index in [-0.39, 0.29) is 29.4 Å². The number of benzene rings is 1.